The summed E-state index contributed by atoms with van der Waals surface area (Å²) >= 11 is 0. The Hall–Kier alpha value is -3.83. The Balaban J connectivity index is 1.40. The number of carbonyl (C=O) groups is 1. The number of urea groups is 1. The first-order chi connectivity index (χ1) is 16.4. The van der Waals surface area contributed by atoms with Crippen LogP contribution in [0.5, 0.6) is 0 Å². The molecule has 3 aromatic rings. The Morgan fingerprint density at radius 2 is 1.94 bits per heavy atom. The van der Waals surface area contributed by atoms with Gasteiger partial charge in [-0.15, -0.1) is 0 Å². The number of imidazole rings is 1. The maximum Gasteiger partial charge on any atom is 0.312 e. The van der Waals surface area contributed by atoms with E-state index in [1.54, 1.807) is 0 Å². The largest absolute Gasteiger partial charge is 0.378 e. The Labute approximate surface area is 200 Å². The summed E-state index contributed by atoms with van der Waals surface area (Å²) in [6.45, 7) is 5.86. The quantitative estimate of drug-likeness (QED) is 0.481. The molecule has 176 valence electrons. The number of nitrogens with two attached hydrogens (primary N) is 1. The number of carbonyl (C=O) groups excluding carboxylic acids is 1. The summed E-state index contributed by atoms with van der Waals surface area (Å²) in [6, 6.07) is 17.6. The monoisotopic (exact) mass is 457 g/mol. The molecule has 0 atom stereocenters. The second kappa shape index (κ2) is 10.4. The molecule has 8 nitrogen and oxygen atoms in total. The van der Waals surface area contributed by atoms with Crippen molar-refractivity contribution in [3.05, 3.63) is 83.4 Å². The fourth-order valence-electron chi connectivity index (χ4n) is 4.50. The number of rotatable bonds is 8. The minimum Gasteiger partial charge on any atom is -0.378 e. The molecule has 4 rings (SSSR count). The van der Waals surface area contributed by atoms with Crippen molar-refractivity contribution >= 4 is 11.7 Å². The van der Waals surface area contributed by atoms with Gasteiger partial charge >= 0.3 is 6.03 Å². The fourth-order valence-corrected chi connectivity index (χ4v) is 4.50. The number of nitriles is 1. The van der Waals surface area contributed by atoms with Crippen LogP contribution in [0.3, 0.4) is 0 Å². The van der Waals surface area contributed by atoms with Gasteiger partial charge in [-0.1, -0.05) is 24.3 Å². The smallest absolute Gasteiger partial charge is 0.312 e. The molecule has 1 aliphatic rings. The standard InChI is InChI=1S/C26H31N7O/c1-20-3-2-4-23(13-20)31-26(18-30-25(28)34)9-11-32(12-10-26)17-24-15-29-19-33(24)16-22-7-5-21(14-27)6-8-22/h2-8,13,15,19,31H,9-12,16-18H2,1H3,(H3,28,30,34). The van der Waals surface area contributed by atoms with Crippen LogP contribution in [0.15, 0.2) is 61.1 Å². The van der Waals surface area contributed by atoms with Gasteiger partial charge in [-0.25, -0.2) is 9.78 Å². The maximum absolute atomic E-state index is 11.4. The topological polar surface area (TPSA) is 112 Å². The average molecular weight is 458 g/mol. The molecule has 0 unspecified atom stereocenters. The maximum atomic E-state index is 11.4. The number of hydrogen-bond acceptors (Lipinski definition) is 5. The van der Waals surface area contributed by atoms with Crippen molar-refractivity contribution in [3.63, 3.8) is 0 Å². The highest BCUT2D eigenvalue weighted by Gasteiger charge is 2.35. The fraction of sp³-hybridized carbons (Fsp3) is 0.346. The van der Waals surface area contributed by atoms with Crippen LogP contribution in [-0.2, 0) is 13.1 Å². The lowest BCUT2D eigenvalue weighted by atomic mass is 9.86. The van der Waals surface area contributed by atoms with Crippen molar-refractivity contribution in [2.24, 2.45) is 5.73 Å². The molecule has 0 aliphatic carbocycles. The lowest BCUT2D eigenvalue weighted by Crippen LogP contribution is -2.56. The summed E-state index contributed by atoms with van der Waals surface area (Å²) in [7, 11) is 0. The highest BCUT2D eigenvalue weighted by Crippen LogP contribution is 2.28. The Kier molecular flexibility index (Phi) is 7.14. The van der Waals surface area contributed by atoms with E-state index in [0.29, 0.717) is 12.1 Å². The van der Waals surface area contributed by atoms with E-state index in [0.717, 1.165) is 56.0 Å². The van der Waals surface area contributed by atoms with E-state index in [9.17, 15) is 4.79 Å². The van der Waals surface area contributed by atoms with Crippen molar-refractivity contribution in [1.82, 2.24) is 19.8 Å². The average Bonchev–Trinajstić information content (AvgIpc) is 3.26. The molecule has 2 aromatic carbocycles. The Morgan fingerprint density at radius 3 is 2.62 bits per heavy atom. The lowest BCUT2D eigenvalue weighted by Gasteiger charge is -2.43. The van der Waals surface area contributed by atoms with Crippen LogP contribution in [0, 0.1) is 18.3 Å². The minimum absolute atomic E-state index is 0.248. The second-order valence-corrected chi connectivity index (χ2v) is 9.09. The van der Waals surface area contributed by atoms with E-state index in [2.05, 4.69) is 56.3 Å². The van der Waals surface area contributed by atoms with Crippen LogP contribution in [0.4, 0.5) is 10.5 Å². The molecule has 4 N–H and O–H groups in total. The summed E-state index contributed by atoms with van der Waals surface area (Å²) in [5.74, 6) is 0. The summed E-state index contributed by atoms with van der Waals surface area (Å²) in [5.41, 5.74) is 10.3. The van der Waals surface area contributed by atoms with Gasteiger partial charge in [-0.3, -0.25) is 4.90 Å². The van der Waals surface area contributed by atoms with E-state index < -0.39 is 6.03 Å². The Bertz CT molecular complexity index is 1150. The number of nitrogens with one attached hydrogen (secondary N) is 2. The van der Waals surface area contributed by atoms with Crippen LogP contribution in [0.1, 0.15) is 35.2 Å². The van der Waals surface area contributed by atoms with E-state index in [4.69, 9.17) is 11.0 Å². The normalized spacial score (nSPS) is 15.4. The predicted octanol–water partition coefficient (Wildman–Crippen LogP) is 3.23. The summed E-state index contributed by atoms with van der Waals surface area (Å²) < 4.78 is 2.16. The van der Waals surface area contributed by atoms with E-state index in [1.165, 1.54) is 5.56 Å². The molecule has 0 spiro atoms. The number of nitrogens with zero attached hydrogens (tertiary/aromatic N) is 4. The van der Waals surface area contributed by atoms with Gasteiger partial charge in [0, 0.05) is 44.6 Å². The number of benzene rings is 2. The number of likely N-dealkylation sites (tertiary alicyclic amines) is 1. The van der Waals surface area contributed by atoms with Crippen LogP contribution in [0.2, 0.25) is 0 Å². The van der Waals surface area contributed by atoms with Gasteiger partial charge in [0.2, 0.25) is 0 Å². The molecule has 0 radical (unpaired) electrons. The number of primary amides is 1. The van der Waals surface area contributed by atoms with Crippen LogP contribution in [0.25, 0.3) is 0 Å². The molecular weight excluding hydrogens is 426 g/mol. The molecule has 1 aliphatic heterocycles. The first-order valence-corrected chi connectivity index (χ1v) is 11.5. The zero-order valence-corrected chi connectivity index (χ0v) is 19.5. The van der Waals surface area contributed by atoms with Crippen LogP contribution < -0.4 is 16.4 Å². The number of hydrogen-bond donors (Lipinski definition) is 3. The Morgan fingerprint density at radius 1 is 1.18 bits per heavy atom. The van der Waals surface area contributed by atoms with E-state index in [1.807, 2.05) is 42.9 Å². The molecule has 2 amide bonds. The van der Waals surface area contributed by atoms with Crippen molar-refractivity contribution in [3.8, 4) is 6.07 Å². The summed E-state index contributed by atoms with van der Waals surface area (Å²) in [4.78, 5) is 18.2. The first-order valence-electron chi connectivity index (χ1n) is 11.5. The number of aromatic nitrogens is 2. The number of piperidine rings is 1. The summed E-state index contributed by atoms with van der Waals surface area (Å²) in [6.07, 6.45) is 5.54. The van der Waals surface area contributed by atoms with Crippen molar-refractivity contribution in [2.75, 3.05) is 25.0 Å². The third-order valence-electron chi connectivity index (χ3n) is 6.46. The van der Waals surface area contributed by atoms with Gasteiger partial charge in [0.1, 0.15) is 0 Å². The van der Waals surface area contributed by atoms with Crippen molar-refractivity contribution in [2.45, 2.75) is 38.4 Å². The minimum atomic E-state index is -0.500. The van der Waals surface area contributed by atoms with Crippen LogP contribution >= 0.6 is 0 Å². The van der Waals surface area contributed by atoms with Gasteiger partial charge < -0.3 is 20.9 Å². The molecule has 1 fully saturated rings. The predicted molar refractivity (Wildman–Crippen MR) is 132 cm³/mol. The van der Waals surface area contributed by atoms with E-state index in [-0.39, 0.29) is 5.54 Å². The zero-order valence-electron chi connectivity index (χ0n) is 19.5. The molecule has 34 heavy (non-hydrogen) atoms. The number of aryl methyl sites for hydroxylation is 1. The third kappa shape index (κ3) is 5.94. The van der Waals surface area contributed by atoms with Gasteiger partial charge in [-0.2, -0.15) is 5.26 Å². The molecule has 0 saturated carbocycles. The first kappa shape index (κ1) is 23.3. The highest BCUT2D eigenvalue weighted by atomic mass is 16.2. The second-order valence-electron chi connectivity index (χ2n) is 9.09. The van der Waals surface area contributed by atoms with Gasteiger partial charge in [0.15, 0.2) is 0 Å². The molecule has 2 heterocycles. The number of amides is 2. The highest BCUT2D eigenvalue weighted by molar-refractivity contribution is 5.71. The SMILES string of the molecule is Cc1cccc(NC2(CNC(N)=O)CCN(Cc3cncn3Cc3ccc(C#N)cc3)CC2)c1. The summed E-state index contributed by atoms with van der Waals surface area (Å²) in [5, 5.41) is 15.5. The van der Waals surface area contributed by atoms with Crippen molar-refractivity contribution < 1.29 is 4.79 Å². The van der Waals surface area contributed by atoms with Crippen LogP contribution in [-0.4, -0.2) is 45.7 Å². The number of anilines is 1. The molecule has 1 saturated heterocycles. The molecule has 1 aromatic heterocycles. The van der Waals surface area contributed by atoms with Gasteiger partial charge in [-0.05, 0) is 55.2 Å². The molecule has 8 heteroatoms. The van der Waals surface area contributed by atoms with Gasteiger partial charge in [0.25, 0.3) is 0 Å². The van der Waals surface area contributed by atoms with E-state index >= 15 is 0 Å². The van der Waals surface area contributed by atoms with Crippen molar-refractivity contribution in [1.29, 1.82) is 5.26 Å². The molecule has 0 bridgehead atoms. The lowest BCUT2D eigenvalue weighted by molar-refractivity contribution is 0.162. The van der Waals surface area contributed by atoms with Gasteiger partial charge in [0.05, 0.1) is 29.2 Å². The zero-order chi connectivity index (χ0) is 24.0. The third-order valence-corrected chi connectivity index (χ3v) is 6.46. The molecular formula is C26H31N7O.